The highest BCUT2D eigenvalue weighted by molar-refractivity contribution is 6.32. The van der Waals surface area contributed by atoms with Gasteiger partial charge in [-0.05, 0) is 26.0 Å². The van der Waals surface area contributed by atoms with Gasteiger partial charge in [0.05, 0.1) is 15.6 Å². The van der Waals surface area contributed by atoms with Gasteiger partial charge in [-0.3, -0.25) is 19.6 Å². The molecule has 1 amide bonds. The maximum absolute atomic E-state index is 12.8. The minimum atomic E-state index is -4.73. The number of aromatic nitrogens is 2. The van der Waals surface area contributed by atoms with Gasteiger partial charge in [-0.15, -0.1) is 0 Å². The number of amides is 1. The van der Waals surface area contributed by atoms with Crippen molar-refractivity contribution in [3.8, 4) is 0 Å². The van der Waals surface area contributed by atoms with Gasteiger partial charge in [0.15, 0.2) is 5.69 Å². The zero-order valence-electron chi connectivity index (χ0n) is 13.0. The first kappa shape index (κ1) is 18.7. The Bertz CT molecular complexity index is 818. The molecule has 1 unspecified atom stereocenters. The Kier molecular flexibility index (Phi) is 5.02. The van der Waals surface area contributed by atoms with Gasteiger partial charge in [0.25, 0.3) is 5.69 Å². The number of nitro groups is 1. The van der Waals surface area contributed by atoms with Crippen LogP contribution < -0.4 is 5.32 Å². The second-order valence-corrected chi connectivity index (χ2v) is 5.54. The smallest absolute Gasteiger partial charge is 0.324 e. The van der Waals surface area contributed by atoms with Crippen LogP contribution >= 0.6 is 11.6 Å². The molecule has 25 heavy (non-hydrogen) atoms. The lowest BCUT2D eigenvalue weighted by Gasteiger charge is -2.14. The molecule has 134 valence electrons. The van der Waals surface area contributed by atoms with Gasteiger partial charge in [0.2, 0.25) is 5.91 Å². The van der Waals surface area contributed by atoms with Crippen molar-refractivity contribution in [1.29, 1.82) is 0 Å². The normalized spacial score (nSPS) is 12.7. The summed E-state index contributed by atoms with van der Waals surface area (Å²) < 4.78 is 39.4. The molecule has 1 aromatic carbocycles. The quantitative estimate of drug-likeness (QED) is 0.645. The molecule has 1 N–H and O–H groups in total. The fraction of sp³-hybridized carbons (Fsp3) is 0.286. The zero-order valence-corrected chi connectivity index (χ0v) is 13.7. The van der Waals surface area contributed by atoms with Crippen LogP contribution in [0.3, 0.4) is 0 Å². The summed E-state index contributed by atoms with van der Waals surface area (Å²) in [6, 6.07) is 3.93. The van der Waals surface area contributed by atoms with Gasteiger partial charge in [-0.25, -0.2) is 0 Å². The van der Waals surface area contributed by atoms with Crippen LogP contribution in [0, 0.1) is 17.0 Å². The van der Waals surface area contributed by atoms with E-state index in [0.29, 0.717) is 0 Å². The molecular weight excluding hydrogens is 365 g/mol. The minimum Gasteiger partial charge on any atom is -0.324 e. The highest BCUT2D eigenvalue weighted by atomic mass is 35.5. The summed E-state index contributed by atoms with van der Waals surface area (Å²) >= 11 is 5.66. The number of hydrogen-bond donors (Lipinski definition) is 1. The summed E-state index contributed by atoms with van der Waals surface area (Å²) in [7, 11) is 0. The molecule has 1 atom stereocenters. The molecule has 2 rings (SSSR count). The van der Waals surface area contributed by atoms with Crippen molar-refractivity contribution in [2.75, 3.05) is 5.32 Å². The van der Waals surface area contributed by atoms with Crippen LogP contribution in [0.5, 0.6) is 0 Å². The Balaban J connectivity index is 2.21. The first-order valence-electron chi connectivity index (χ1n) is 6.89. The molecule has 0 aliphatic rings. The number of nitro benzene ring substituents is 1. The number of carbonyl (C=O) groups excluding carboxylic acids is 1. The Morgan fingerprint density at radius 3 is 2.36 bits per heavy atom. The van der Waals surface area contributed by atoms with Crippen molar-refractivity contribution in [3.05, 3.63) is 50.8 Å². The molecule has 0 radical (unpaired) electrons. The van der Waals surface area contributed by atoms with Gasteiger partial charge in [-0.2, -0.15) is 18.3 Å². The van der Waals surface area contributed by atoms with E-state index in [4.69, 9.17) is 11.6 Å². The molecular formula is C14H12ClF3N4O3. The lowest BCUT2D eigenvalue weighted by molar-refractivity contribution is -0.384. The first-order valence-corrected chi connectivity index (χ1v) is 7.27. The van der Waals surface area contributed by atoms with Gasteiger partial charge in [0, 0.05) is 17.8 Å². The van der Waals surface area contributed by atoms with E-state index in [1.807, 2.05) is 0 Å². The lowest BCUT2D eigenvalue weighted by atomic mass is 10.2. The largest absolute Gasteiger partial charge is 0.436 e. The van der Waals surface area contributed by atoms with E-state index < -0.39 is 33.8 Å². The summed E-state index contributed by atoms with van der Waals surface area (Å²) in [5, 5.41) is 15.9. The molecule has 0 fully saturated rings. The summed E-state index contributed by atoms with van der Waals surface area (Å²) in [4.78, 5) is 22.2. The molecule has 11 heteroatoms. The highest BCUT2D eigenvalue weighted by Crippen LogP contribution is 2.36. The Morgan fingerprint density at radius 1 is 1.36 bits per heavy atom. The van der Waals surface area contributed by atoms with E-state index >= 15 is 0 Å². The van der Waals surface area contributed by atoms with Crippen LogP contribution in [0.2, 0.25) is 5.02 Å². The van der Waals surface area contributed by atoms with Crippen molar-refractivity contribution in [2.45, 2.75) is 26.1 Å². The number of benzene rings is 1. The van der Waals surface area contributed by atoms with E-state index in [1.165, 1.54) is 38.1 Å². The van der Waals surface area contributed by atoms with E-state index in [2.05, 4.69) is 10.4 Å². The monoisotopic (exact) mass is 376 g/mol. The highest BCUT2D eigenvalue weighted by Gasteiger charge is 2.39. The van der Waals surface area contributed by atoms with Gasteiger partial charge >= 0.3 is 6.18 Å². The number of carbonyl (C=O) groups is 1. The number of alkyl halides is 3. The van der Waals surface area contributed by atoms with Crippen molar-refractivity contribution in [3.63, 3.8) is 0 Å². The van der Waals surface area contributed by atoms with Gasteiger partial charge < -0.3 is 5.32 Å². The van der Waals surface area contributed by atoms with Crippen LogP contribution in [0.1, 0.15) is 24.4 Å². The molecule has 0 aliphatic carbocycles. The number of nitrogens with one attached hydrogen (secondary N) is 1. The van der Waals surface area contributed by atoms with Crippen molar-refractivity contribution < 1.29 is 22.9 Å². The van der Waals surface area contributed by atoms with Crippen LogP contribution in [0.15, 0.2) is 24.3 Å². The first-order chi connectivity index (χ1) is 11.5. The third-order valence-electron chi connectivity index (χ3n) is 3.44. The summed E-state index contributed by atoms with van der Waals surface area (Å²) in [5.41, 5.74) is -1.16. The molecule has 1 aromatic heterocycles. The van der Waals surface area contributed by atoms with Crippen molar-refractivity contribution in [2.24, 2.45) is 0 Å². The minimum absolute atomic E-state index is 0.000316. The molecule has 0 aliphatic heterocycles. The SMILES string of the molecule is Cc1c(Cl)c(C(F)(F)F)nn1C(C)C(=O)Nc1ccc([N+](=O)[O-])cc1. The Morgan fingerprint density at radius 2 is 1.92 bits per heavy atom. The average Bonchev–Trinajstić information content (AvgIpc) is 2.83. The number of nitrogens with zero attached hydrogens (tertiary/aromatic N) is 3. The molecule has 2 aromatic rings. The molecule has 0 saturated carbocycles. The molecule has 0 spiro atoms. The maximum Gasteiger partial charge on any atom is 0.436 e. The second-order valence-electron chi connectivity index (χ2n) is 5.16. The van der Waals surface area contributed by atoms with Crippen molar-refractivity contribution >= 4 is 28.9 Å². The summed E-state index contributed by atoms with van der Waals surface area (Å²) in [5.74, 6) is -0.648. The van der Waals surface area contributed by atoms with E-state index in [0.717, 1.165) is 4.68 Å². The van der Waals surface area contributed by atoms with Crippen LogP contribution in [0.25, 0.3) is 0 Å². The molecule has 1 heterocycles. The van der Waals surface area contributed by atoms with Gasteiger partial charge in [0.1, 0.15) is 6.04 Å². The Hall–Kier alpha value is -2.62. The number of non-ortho nitro benzene ring substituents is 1. The summed E-state index contributed by atoms with van der Waals surface area (Å²) in [6.45, 7) is 2.68. The van der Waals surface area contributed by atoms with Crippen molar-refractivity contribution in [1.82, 2.24) is 9.78 Å². The predicted octanol–water partition coefficient (Wildman–Crippen LogP) is 3.97. The molecule has 7 nitrogen and oxygen atoms in total. The predicted molar refractivity (Wildman–Crippen MR) is 83.4 cm³/mol. The second kappa shape index (κ2) is 6.71. The standard InChI is InChI=1S/C14H12ClF3N4O3/c1-7-11(15)12(14(16,17)18)20-21(7)8(2)13(23)19-9-3-5-10(6-4-9)22(24)25/h3-6,8H,1-2H3,(H,19,23). The summed E-state index contributed by atoms with van der Waals surface area (Å²) in [6.07, 6.45) is -4.73. The van der Waals surface area contributed by atoms with E-state index in [9.17, 15) is 28.1 Å². The number of hydrogen-bond acceptors (Lipinski definition) is 4. The van der Waals surface area contributed by atoms with E-state index in [-0.39, 0.29) is 17.1 Å². The molecule has 0 bridgehead atoms. The van der Waals surface area contributed by atoms with Crippen LogP contribution in [-0.4, -0.2) is 20.6 Å². The van der Waals surface area contributed by atoms with Gasteiger partial charge in [-0.1, -0.05) is 11.6 Å². The fourth-order valence-electron chi connectivity index (χ4n) is 2.08. The number of anilines is 1. The topological polar surface area (TPSA) is 90.1 Å². The number of halogens is 4. The third kappa shape index (κ3) is 3.90. The average molecular weight is 377 g/mol. The molecule has 0 saturated heterocycles. The van der Waals surface area contributed by atoms with E-state index in [1.54, 1.807) is 0 Å². The Labute approximate surface area is 144 Å². The zero-order chi connectivity index (χ0) is 18.9. The van der Waals surface area contributed by atoms with Crippen LogP contribution in [-0.2, 0) is 11.0 Å². The maximum atomic E-state index is 12.8. The fourth-order valence-corrected chi connectivity index (χ4v) is 2.31. The number of rotatable bonds is 4. The van der Waals surface area contributed by atoms with Crippen LogP contribution in [0.4, 0.5) is 24.5 Å². The third-order valence-corrected chi connectivity index (χ3v) is 3.89. The lowest BCUT2D eigenvalue weighted by Crippen LogP contribution is -2.25.